The monoisotopic (exact) mass is 447 g/mol. The summed E-state index contributed by atoms with van der Waals surface area (Å²) in [5.74, 6) is 0.304. The van der Waals surface area contributed by atoms with Crippen molar-refractivity contribution in [1.82, 2.24) is 19.5 Å². The summed E-state index contributed by atoms with van der Waals surface area (Å²) in [6, 6.07) is 0. The molecule has 2 saturated heterocycles. The summed E-state index contributed by atoms with van der Waals surface area (Å²) >= 11 is 6.87. The van der Waals surface area contributed by atoms with Crippen LogP contribution in [0.15, 0.2) is 6.33 Å². The van der Waals surface area contributed by atoms with Gasteiger partial charge in [-0.05, 0) is 27.7 Å². The van der Waals surface area contributed by atoms with E-state index < -0.39 is 31.1 Å². The van der Waals surface area contributed by atoms with Gasteiger partial charge in [0.1, 0.15) is 17.1 Å². The molecule has 2 aromatic heterocycles. The number of rotatable bonds is 5. The third-order valence-corrected chi connectivity index (χ3v) is 6.63. The fraction of sp³-hybridized carbons (Fsp3) is 0.688. The Hall–Kier alpha value is -1.49. The SMILES string of the molecule is CCOc1nc(N)nc2c1ncn2[C@@H]1O[C@@H]2CO[P@](=O)(OC(C)C)O[C@H]2[C@@]1(C)Cl. The Morgan fingerprint density at radius 2 is 2.24 bits per heavy atom. The lowest BCUT2D eigenvalue weighted by Gasteiger charge is -2.35. The first-order valence-electron chi connectivity index (χ1n) is 9.23. The topological polar surface area (TPSA) is 133 Å². The number of aromatic nitrogens is 4. The highest BCUT2D eigenvalue weighted by Gasteiger charge is 2.60. The molecule has 4 rings (SSSR count). The molecule has 160 valence electrons. The second-order valence-corrected chi connectivity index (χ2v) is 9.63. The molecule has 2 aliphatic rings. The van der Waals surface area contributed by atoms with Crippen LogP contribution in [0.5, 0.6) is 5.88 Å². The Labute approximate surface area is 172 Å². The normalized spacial score (nSPS) is 34.6. The summed E-state index contributed by atoms with van der Waals surface area (Å²) in [6.07, 6.45) is -0.859. The highest BCUT2D eigenvalue weighted by atomic mass is 35.5. The number of phosphoric ester groups is 1. The van der Waals surface area contributed by atoms with Gasteiger partial charge >= 0.3 is 7.82 Å². The molecule has 29 heavy (non-hydrogen) atoms. The highest BCUT2D eigenvalue weighted by molar-refractivity contribution is 7.48. The average Bonchev–Trinajstić information content (AvgIpc) is 3.13. The van der Waals surface area contributed by atoms with Crippen LogP contribution >= 0.6 is 19.4 Å². The van der Waals surface area contributed by atoms with E-state index in [0.29, 0.717) is 17.8 Å². The maximum absolute atomic E-state index is 12.8. The van der Waals surface area contributed by atoms with Crippen LogP contribution in [0.3, 0.4) is 0 Å². The maximum atomic E-state index is 12.8. The van der Waals surface area contributed by atoms with Gasteiger partial charge in [-0.15, -0.1) is 11.6 Å². The third kappa shape index (κ3) is 3.60. The summed E-state index contributed by atoms with van der Waals surface area (Å²) < 4.78 is 42.4. The Kier molecular flexibility index (Phi) is 5.25. The van der Waals surface area contributed by atoms with Crippen LogP contribution in [-0.4, -0.2) is 55.9 Å². The summed E-state index contributed by atoms with van der Waals surface area (Å²) in [7, 11) is -3.75. The fourth-order valence-electron chi connectivity index (χ4n) is 3.47. The molecule has 0 unspecified atom stereocenters. The van der Waals surface area contributed by atoms with E-state index in [1.165, 1.54) is 6.33 Å². The van der Waals surface area contributed by atoms with E-state index >= 15 is 0 Å². The van der Waals surface area contributed by atoms with Crippen molar-refractivity contribution in [1.29, 1.82) is 0 Å². The van der Waals surface area contributed by atoms with E-state index in [4.69, 9.17) is 40.4 Å². The van der Waals surface area contributed by atoms with Crippen LogP contribution in [-0.2, 0) is 22.9 Å². The zero-order valence-electron chi connectivity index (χ0n) is 16.4. The minimum atomic E-state index is -3.75. The summed E-state index contributed by atoms with van der Waals surface area (Å²) in [6.45, 7) is 7.45. The Morgan fingerprint density at radius 3 is 2.93 bits per heavy atom. The number of hydrogen-bond donors (Lipinski definition) is 1. The van der Waals surface area contributed by atoms with Crippen molar-refractivity contribution in [3.63, 3.8) is 0 Å². The molecule has 11 nitrogen and oxygen atoms in total. The largest absolute Gasteiger partial charge is 0.476 e. The van der Waals surface area contributed by atoms with Gasteiger partial charge in [-0.1, -0.05) is 0 Å². The van der Waals surface area contributed by atoms with E-state index in [0.717, 1.165) is 0 Å². The Morgan fingerprint density at radius 1 is 1.48 bits per heavy atom. The van der Waals surface area contributed by atoms with Crippen LogP contribution in [0, 0.1) is 0 Å². The van der Waals surface area contributed by atoms with Crippen LogP contribution in [0.2, 0.25) is 0 Å². The number of alkyl halides is 1. The van der Waals surface area contributed by atoms with E-state index in [1.807, 2.05) is 6.92 Å². The molecule has 13 heteroatoms. The number of ether oxygens (including phenoxy) is 2. The lowest BCUT2D eigenvalue weighted by Crippen LogP contribution is -2.44. The molecule has 2 aromatic rings. The summed E-state index contributed by atoms with van der Waals surface area (Å²) in [4.78, 5) is 11.6. The van der Waals surface area contributed by atoms with E-state index in [9.17, 15) is 4.57 Å². The maximum Gasteiger partial charge on any atom is 0.475 e. The molecule has 0 spiro atoms. The van der Waals surface area contributed by atoms with Crippen LogP contribution in [0.4, 0.5) is 5.95 Å². The zero-order valence-corrected chi connectivity index (χ0v) is 18.1. The smallest absolute Gasteiger partial charge is 0.475 e. The van der Waals surface area contributed by atoms with Crippen molar-refractivity contribution >= 4 is 36.5 Å². The van der Waals surface area contributed by atoms with Gasteiger partial charge < -0.3 is 15.2 Å². The van der Waals surface area contributed by atoms with Gasteiger partial charge in [0.05, 0.1) is 25.6 Å². The number of nitrogen functional groups attached to an aromatic ring is 1. The van der Waals surface area contributed by atoms with Gasteiger partial charge in [-0.2, -0.15) is 9.97 Å². The molecule has 2 aliphatic heterocycles. The fourth-order valence-corrected chi connectivity index (χ4v) is 5.53. The second kappa shape index (κ2) is 7.33. The molecular weight excluding hydrogens is 425 g/mol. The number of imidazole rings is 1. The van der Waals surface area contributed by atoms with Gasteiger partial charge in [0.25, 0.3) is 0 Å². The first-order chi connectivity index (χ1) is 13.6. The van der Waals surface area contributed by atoms with Crippen LogP contribution < -0.4 is 10.5 Å². The molecule has 0 saturated carbocycles. The lowest BCUT2D eigenvalue weighted by molar-refractivity contribution is -0.0733. The van der Waals surface area contributed by atoms with Crippen LogP contribution in [0.25, 0.3) is 11.2 Å². The van der Waals surface area contributed by atoms with Crippen molar-refractivity contribution in [3.05, 3.63) is 6.33 Å². The standard InChI is InChI=1S/C16H23ClN5O6P/c1-5-24-13-10-12(20-15(18)21-13)22(7-19-10)14-16(4,17)11-9(26-14)6-25-29(23,28-11)27-8(2)3/h7-9,11,14H,5-6H2,1-4H3,(H2,18,20,21)/t9-,11-,14-,16-,29-/m1/s1. The van der Waals surface area contributed by atoms with Crippen molar-refractivity contribution in [2.24, 2.45) is 0 Å². The van der Waals surface area contributed by atoms with E-state index in [-0.39, 0.29) is 24.5 Å². The van der Waals surface area contributed by atoms with Gasteiger partial charge in [0, 0.05) is 0 Å². The predicted octanol–water partition coefficient (Wildman–Crippen LogP) is 2.65. The molecule has 4 heterocycles. The van der Waals surface area contributed by atoms with Crippen molar-refractivity contribution in [2.75, 3.05) is 18.9 Å². The van der Waals surface area contributed by atoms with Crippen molar-refractivity contribution in [3.8, 4) is 5.88 Å². The molecule has 2 fully saturated rings. The number of hydrogen-bond acceptors (Lipinski definition) is 10. The third-order valence-electron chi connectivity index (χ3n) is 4.60. The first kappa shape index (κ1) is 20.8. The van der Waals surface area contributed by atoms with Gasteiger partial charge in [-0.25, -0.2) is 9.55 Å². The minimum absolute atomic E-state index is 0.0153. The van der Waals surface area contributed by atoms with E-state index in [1.54, 1.807) is 25.3 Å². The summed E-state index contributed by atoms with van der Waals surface area (Å²) in [5.41, 5.74) is 6.66. The van der Waals surface area contributed by atoms with E-state index in [2.05, 4.69) is 15.0 Å². The van der Waals surface area contributed by atoms with Crippen LogP contribution in [0.1, 0.15) is 33.9 Å². The quantitative estimate of drug-likeness (QED) is 0.538. The van der Waals surface area contributed by atoms with Gasteiger partial charge in [-0.3, -0.25) is 18.1 Å². The molecule has 0 aromatic carbocycles. The molecule has 2 N–H and O–H groups in total. The van der Waals surface area contributed by atoms with Crippen molar-refractivity contribution < 1.29 is 27.6 Å². The van der Waals surface area contributed by atoms with Gasteiger partial charge in [0.15, 0.2) is 17.4 Å². The molecular formula is C16H23ClN5O6P. The highest BCUT2D eigenvalue weighted by Crippen LogP contribution is 2.60. The number of fused-ring (bicyclic) bond motifs is 2. The number of anilines is 1. The molecule has 5 atom stereocenters. The lowest BCUT2D eigenvalue weighted by atomic mass is 10.0. The number of nitrogens with zero attached hydrogens (tertiary/aromatic N) is 4. The number of phosphoric acid groups is 1. The Balaban J connectivity index is 1.70. The zero-order chi connectivity index (χ0) is 21.0. The van der Waals surface area contributed by atoms with Crippen molar-refractivity contribution in [2.45, 2.75) is 57.1 Å². The average molecular weight is 448 g/mol. The number of nitrogens with two attached hydrogens (primary N) is 1. The molecule has 0 amide bonds. The first-order valence-corrected chi connectivity index (χ1v) is 11.1. The second-order valence-electron chi connectivity index (χ2n) is 7.25. The number of halogens is 1. The Bertz CT molecular complexity index is 969. The van der Waals surface area contributed by atoms with Gasteiger partial charge in [0.2, 0.25) is 11.8 Å². The summed E-state index contributed by atoms with van der Waals surface area (Å²) in [5, 5.41) is 0. The predicted molar refractivity (Wildman–Crippen MR) is 104 cm³/mol. The molecule has 0 bridgehead atoms. The molecule has 0 radical (unpaired) electrons. The minimum Gasteiger partial charge on any atom is -0.476 e. The molecule has 0 aliphatic carbocycles.